The normalized spacial score (nSPS) is 10.6. The van der Waals surface area contributed by atoms with Gasteiger partial charge >= 0.3 is 0 Å². The van der Waals surface area contributed by atoms with Gasteiger partial charge in [-0.3, -0.25) is 0 Å². The highest BCUT2D eigenvalue weighted by Crippen LogP contribution is 2.30. The Labute approximate surface area is 91.4 Å². The maximum atomic E-state index is 13.3. The Morgan fingerprint density at radius 1 is 1.50 bits per heavy atom. The van der Waals surface area contributed by atoms with E-state index in [0.29, 0.717) is 22.7 Å². The number of nitrogens with two attached hydrogens (primary N) is 1. The van der Waals surface area contributed by atoms with Crippen LogP contribution in [0.1, 0.15) is 13.8 Å². The molecule has 0 amide bonds. The Morgan fingerprint density at radius 3 is 2.64 bits per heavy atom. The molecule has 1 aromatic carbocycles. The first kappa shape index (κ1) is 11.3. The number of nitrogen functional groups attached to an aromatic ring is 1. The third-order valence-electron chi connectivity index (χ3n) is 1.58. The molecular formula is C10H13BrFNO. The summed E-state index contributed by atoms with van der Waals surface area (Å²) in [5.41, 5.74) is 5.84. The monoisotopic (exact) mass is 261 g/mol. The molecule has 0 heterocycles. The predicted octanol–water partition coefficient (Wildman–Crippen LogP) is 3.21. The molecule has 0 aliphatic rings. The molecule has 0 atom stereocenters. The summed E-state index contributed by atoms with van der Waals surface area (Å²) in [5, 5.41) is 0. The van der Waals surface area contributed by atoms with Crippen LogP contribution in [-0.4, -0.2) is 6.61 Å². The van der Waals surface area contributed by atoms with Gasteiger partial charge in [0.2, 0.25) is 0 Å². The lowest BCUT2D eigenvalue weighted by molar-refractivity contribution is 0.258. The Balaban J connectivity index is 2.86. The molecule has 0 radical (unpaired) electrons. The highest BCUT2D eigenvalue weighted by atomic mass is 79.9. The van der Waals surface area contributed by atoms with Gasteiger partial charge in [-0.1, -0.05) is 13.8 Å². The van der Waals surface area contributed by atoms with E-state index in [1.165, 1.54) is 6.07 Å². The van der Waals surface area contributed by atoms with Gasteiger partial charge in [0.1, 0.15) is 0 Å². The van der Waals surface area contributed by atoms with Crippen LogP contribution in [0.15, 0.2) is 16.6 Å². The summed E-state index contributed by atoms with van der Waals surface area (Å²) in [6.45, 7) is 4.49. The van der Waals surface area contributed by atoms with Crippen molar-refractivity contribution in [3.05, 3.63) is 22.4 Å². The minimum absolute atomic E-state index is 0.230. The van der Waals surface area contributed by atoms with Crippen LogP contribution in [0.25, 0.3) is 0 Å². The van der Waals surface area contributed by atoms with Crippen molar-refractivity contribution >= 4 is 21.6 Å². The van der Waals surface area contributed by atoms with Crippen LogP contribution in [-0.2, 0) is 0 Å². The molecule has 2 N–H and O–H groups in total. The van der Waals surface area contributed by atoms with Gasteiger partial charge in [-0.15, -0.1) is 0 Å². The van der Waals surface area contributed by atoms with Crippen molar-refractivity contribution in [3.63, 3.8) is 0 Å². The van der Waals surface area contributed by atoms with Crippen LogP contribution in [0.3, 0.4) is 0 Å². The molecule has 0 bridgehead atoms. The second kappa shape index (κ2) is 4.64. The minimum Gasteiger partial charge on any atom is -0.489 e. The Morgan fingerprint density at radius 2 is 2.14 bits per heavy atom. The van der Waals surface area contributed by atoms with E-state index in [1.807, 2.05) is 13.8 Å². The first-order chi connectivity index (χ1) is 6.50. The maximum absolute atomic E-state index is 13.3. The molecule has 0 fully saturated rings. The second-order valence-electron chi connectivity index (χ2n) is 3.52. The number of hydrogen-bond donors (Lipinski definition) is 1. The average molecular weight is 262 g/mol. The van der Waals surface area contributed by atoms with E-state index in [0.717, 1.165) is 0 Å². The first-order valence-corrected chi connectivity index (χ1v) is 5.17. The zero-order valence-electron chi connectivity index (χ0n) is 8.18. The number of rotatable bonds is 3. The standard InChI is InChI=1S/C10H13BrFNO/c1-6(2)5-14-10-8(11)3-7(13)4-9(10)12/h3-4,6H,5,13H2,1-2H3. The summed E-state index contributed by atoms with van der Waals surface area (Å²) in [5.74, 6) is 0.157. The van der Waals surface area contributed by atoms with E-state index in [4.69, 9.17) is 10.5 Å². The molecule has 1 rings (SSSR count). The zero-order valence-corrected chi connectivity index (χ0v) is 9.77. The van der Waals surface area contributed by atoms with Gasteiger partial charge < -0.3 is 10.5 Å². The fourth-order valence-electron chi connectivity index (χ4n) is 0.967. The molecule has 0 aliphatic heterocycles. The molecule has 1 aromatic rings. The lowest BCUT2D eigenvalue weighted by Gasteiger charge is -2.11. The van der Waals surface area contributed by atoms with Gasteiger partial charge in [0.15, 0.2) is 11.6 Å². The Kier molecular flexibility index (Phi) is 3.75. The smallest absolute Gasteiger partial charge is 0.169 e. The van der Waals surface area contributed by atoms with E-state index in [9.17, 15) is 4.39 Å². The van der Waals surface area contributed by atoms with Crippen molar-refractivity contribution in [2.75, 3.05) is 12.3 Å². The van der Waals surface area contributed by atoms with Crippen LogP contribution in [0.2, 0.25) is 0 Å². The van der Waals surface area contributed by atoms with Crippen LogP contribution in [0.5, 0.6) is 5.75 Å². The highest BCUT2D eigenvalue weighted by Gasteiger charge is 2.10. The molecule has 0 unspecified atom stereocenters. The number of halogens is 2. The molecular weight excluding hydrogens is 249 g/mol. The minimum atomic E-state index is -0.433. The summed E-state index contributed by atoms with van der Waals surface area (Å²) in [6, 6.07) is 2.87. The van der Waals surface area contributed by atoms with Crippen molar-refractivity contribution in [1.82, 2.24) is 0 Å². The third-order valence-corrected chi connectivity index (χ3v) is 2.17. The van der Waals surface area contributed by atoms with Crippen molar-refractivity contribution in [2.45, 2.75) is 13.8 Å². The maximum Gasteiger partial charge on any atom is 0.169 e. The summed E-state index contributed by atoms with van der Waals surface area (Å²) in [4.78, 5) is 0. The number of benzene rings is 1. The zero-order chi connectivity index (χ0) is 10.7. The average Bonchev–Trinajstić information content (AvgIpc) is 2.01. The van der Waals surface area contributed by atoms with E-state index >= 15 is 0 Å². The van der Waals surface area contributed by atoms with E-state index in [2.05, 4.69) is 15.9 Å². The molecule has 2 nitrogen and oxygen atoms in total. The topological polar surface area (TPSA) is 35.2 Å². The van der Waals surface area contributed by atoms with Crippen LogP contribution in [0.4, 0.5) is 10.1 Å². The van der Waals surface area contributed by atoms with Crippen molar-refractivity contribution < 1.29 is 9.13 Å². The lowest BCUT2D eigenvalue weighted by atomic mass is 10.2. The van der Waals surface area contributed by atoms with Crippen molar-refractivity contribution in [3.8, 4) is 5.75 Å². The number of hydrogen-bond acceptors (Lipinski definition) is 2. The molecule has 0 aromatic heterocycles. The molecule has 14 heavy (non-hydrogen) atoms. The molecule has 0 spiro atoms. The SMILES string of the molecule is CC(C)COc1c(F)cc(N)cc1Br. The number of anilines is 1. The van der Waals surface area contributed by atoms with Gasteiger partial charge in [-0.05, 0) is 27.9 Å². The molecule has 0 aliphatic carbocycles. The first-order valence-electron chi connectivity index (χ1n) is 4.38. The van der Waals surface area contributed by atoms with Gasteiger partial charge in [-0.25, -0.2) is 4.39 Å². The van der Waals surface area contributed by atoms with E-state index in [1.54, 1.807) is 6.07 Å². The van der Waals surface area contributed by atoms with Crippen LogP contribution < -0.4 is 10.5 Å². The predicted molar refractivity (Wildman–Crippen MR) is 58.8 cm³/mol. The lowest BCUT2D eigenvalue weighted by Crippen LogP contribution is -2.06. The van der Waals surface area contributed by atoms with Crippen LogP contribution >= 0.6 is 15.9 Å². The Hall–Kier alpha value is -0.770. The van der Waals surface area contributed by atoms with Crippen molar-refractivity contribution in [2.24, 2.45) is 5.92 Å². The van der Waals surface area contributed by atoms with Gasteiger partial charge in [-0.2, -0.15) is 0 Å². The fourth-order valence-corrected chi connectivity index (χ4v) is 1.54. The van der Waals surface area contributed by atoms with Gasteiger partial charge in [0, 0.05) is 11.8 Å². The Bertz CT molecular complexity index is 305. The summed E-state index contributed by atoms with van der Waals surface area (Å²) >= 11 is 3.20. The third kappa shape index (κ3) is 2.87. The van der Waals surface area contributed by atoms with E-state index in [-0.39, 0.29) is 5.75 Å². The summed E-state index contributed by atoms with van der Waals surface area (Å²) in [7, 11) is 0. The highest BCUT2D eigenvalue weighted by molar-refractivity contribution is 9.10. The number of ether oxygens (including phenoxy) is 1. The van der Waals surface area contributed by atoms with Crippen molar-refractivity contribution in [1.29, 1.82) is 0 Å². The largest absolute Gasteiger partial charge is 0.489 e. The summed E-state index contributed by atoms with van der Waals surface area (Å²) in [6.07, 6.45) is 0. The summed E-state index contributed by atoms with van der Waals surface area (Å²) < 4.78 is 19.2. The van der Waals surface area contributed by atoms with Crippen LogP contribution in [0, 0.1) is 11.7 Å². The molecule has 0 saturated carbocycles. The molecule has 78 valence electrons. The molecule has 4 heteroatoms. The van der Waals surface area contributed by atoms with E-state index < -0.39 is 5.82 Å². The van der Waals surface area contributed by atoms with Gasteiger partial charge in [0.25, 0.3) is 0 Å². The quantitative estimate of drug-likeness (QED) is 0.849. The second-order valence-corrected chi connectivity index (χ2v) is 4.37. The fraction of sp³-hybridized carbons (Fsp3) is 0.400. The van der Waals surface area contributed by atoms with Gasteiger partial charge in [0.05, 0.1) is 11.1 Å². The molecule has 0 saturated heterocycles.